The van der Waals surface area contributed by atoms with E-state index in [1.165, 1.54) is 15.6 Å². The first-order valence-electron chi connectivity index (χ1n) is 7.84. The molecule has 134 valence electrons. The molecule has 25 heavy (non-hydrogen) atoms. The van der Waals surface area contributed by atoms with Gasteiger partial charge in [0.25, 0.3) is 10.0 Å². The lowest BCUT2D eigenvalue weighted by Gasteiger charge is -2.22. The number of sulfonamides is 1. The molecule has 3 rings (SSSR count). The molecule has 8 heteroatoms. The number of thiophene rings is 1. The third-order valence-electron chi connectivity index (χ3n) is 4.20. The number of hydrogen-bond donors (Lipinski definition) is 0. The summed E-state index contributed by atoms with van der Waals surface area (Å²) in [7, 11) is -3.62. The lowest BCUT2D eigenvalue weighted by atomic mass is 10.0. The molecule has 2 heterocycles. The van der Waals surface area contributed by atoms with Crippen LogP contribution in [0.4, 0.5) is 0 Å². The molecule has 0 saturated carbocycles. The predicted molar refractivity (Wildman–Crippen MR) is 106 cm³/mol. The van der Waals surface area contributed by atoms with Crippen LogP contribution in [0.5, 0.6) is 0 Å². The maximum absolute atomic E-state index is 12.9. The Balaban J connectivity index is 1.80. The average molecular weight is 460 g/mol. The van der Waals surface area contributed by atoms with Crippen LogP contribution < -0.4 is 0 Å². The Morgan fingerprint density at radius 1 is 1.36 bits per heavy atom. The number of thioether (sulfide) groups is 1. The number of Topliss-reactive ketones (excluding diaryl/α,β-unsaturated/α-hetero) is 1. The summed E-state index contributed by atoms with van der Waals surface area (Å²) in [4.78, 5) is 13.9. The molecule has 0 aliphatic carbocycles. The molecule has 1 saturated heterocycles. The number of ketones is 1. The molecule has 0 spiro atoms. The van der Waals surface area contributed by atoms with E-state index in [0.717, 1.165) is 14.2 Å². The number of nitrogens with zero attached hydrogens (tertiary/aromatic N) is 1. The van der Waals surface area contributed by atoms with Crippen molar-refractivity contribution in [3.63, 3.8) is 0 Å². The Morgan fingerprint density at radius 2 is 2.16 bits per heavy atom. The topological polar surface area (TPSA) is 54.5 Å². The Hall–Kier alpha value is -0.670. The van der Waals surface area contributed by atoms with Gasteiger partial charge in [0.1, 0.15) is 4.21 Å². The van der Waals surface area contributed by atoms with Gasteiger partial charge >= 0.3 is 0 Å². The van der Waals surface area contributed by atoms with Crippen molar-refractivity contribution < 1.29 is 13.2 Å². The standard InChI is InChI=1S/C17H18BrNO3S3/c1-23-13-5-2-4-12(10-13)11-15(20)14-6-3-9-19(14)25(21,22)17-8-7-16(18)24-17/h2,4-5,7-8,10,14H,3,6,9,11H2,1H3/t14-/m0/s1. The van der Waals surface area contributed by atoms with E-state index in [-0.39, 0.29) is 16.4 Å². The van der Waals surface area contributed by atoms with Gasteiger partial charge in [0, 0.05) is 17.9 Å². The molecule has 1 atom stereocenters. The van der Waals surface area contributed by atoms with Gasteiger partial charge in [-0.3, -0.25) is 4.79 Å². The minimum absolute atomic E-state index is 0.0325. The summed E-state index contributed by atoms with van der Waals surface area (Å²) in [5.74, 6) is -0.0325. The summed E-state index contributed by atoms with van der Waals surface area (Å²) < 4.78 is 28.2. The molecular weight excluding hydrogens is 442 g/mol. The normalized spacial score (nSPS) is 18.6. The first-order valence-corrected chi connectivity index (χ1v) is 12.1. The molecule has 0 N–H and O–H groups in total. The smallest absolute Gasteiger partial charge is 0.253 e. The van der Waals surface area contributed by atoms with Crippen LogP contribution in [0.25, 0.3) is 0 Å². The Bertz CT molecular complexity index is 879. The summed E-state index contributed by atoms with van der Waals surface area (Å²) in [5, 5.41) is 0. The van der Waals surface area contributed by atoms with E-state index in [1.807, 2.05) is 30.5 Å². The minimum atomic E-state index is -3.62. The number of carbonyl (C=O) groups is 1. The molecule has 0 amide bonds. The predicted octanol–water partition coefficient (Wildman–Crippen LogP) is 4.20. The van der Waals surface area contributed by atoms with Gasteiger partial charge in [0.05, 0.1) is 9.83 Å². The summed E-state index contributed by atoms with van der Waals surface area (Å²) in [6, 6.07) is 10.6. The highest BCUT2D eigenvalue weighted by Crippen LogP contribution is 2.33. The highest BCUT2D eigenvalue weighted by Gasteiger charge is 2.39. The molecule has 1 fully saturated rings. The first kappa shape index (κ1) is 19.1. The molecule has 1 aromatic heterocycles. The monoisotopic (exact) mass is 459 g/mol. The van der Waals surface area contributed by atoms with Gasteiger partial charge in [-0.25, -0.2) is 8.42 Å². The molecule has 1 aliphatic rings. The van der Waals surface area contributed by atoms with Crippen molar-refractivity contribution >= 4 is 54.8 Å². The van der Waals surface area contributed by atoms with E-state index >= 15 is 0 Å². The zero-order chi connectivity index (χ0) is 18.0. The maximum atomic E-state index is 12.9. The maximum Gasteiger partial charge on any atom is 0.253 e. The second-order valence-corrected chi connectivity index (χ2v) is 11.3. The van der Waals surface area contributed by atoms with Crippen molar-refractivity contribution in [3.8, 4) is 0 Å². The Morgan fingerprint density at radius 3 is 2.84 bits per heavy atom. The number of hydrogen-bond acceptors (Lipinski definition) is 5. The SMILES string of the molecule is CSc1cccc(CC(=O)[C@@H]2CCCN2S(=O)(=O)c2ccc(Br)s2)c1. The quantitative estimate of drug-likeness (QED) is 0.607. The Kier molecular flexibility index (Phi) is 6.05. The van der Waals surface area contributed by atoms with Gasteiger partial charge in [-0.05, 0) is 64.9 Å². The minimum Gasteiger partial charge on any atom is -0.298 e. The summed E-state index contributed by atoms with van der Waals surface area (Å²) in [5.41, 5.74) is 0.931. The van der Waals surface area contributed by atoms with Gasteiger partial charge < -0.3 is 0 Å². The highest BCUT2D eigenvalue weighted by molar-refractivity contribution is 9.11. The first-order chi connectivity index (χ1) is 11.9. The van der Waals surface area contributed by atoms with Crippen LogP contribution in [0.1, 0.15) is 18.4 Å². The second kappa shape index (κ2) is 7.92. The van der Waals surface area contributed by atoms with Crippen LogP contribution in [0.2, 0.25) is 0 Å². The van der Waals surface area contributed by atoms with Gasteiger partial charge in [0.15, 0.2) is 5.78 Å². The third kappa shape index (κ3) is 4.19. The van der Waals surface area contributed by atoms with Crippen LogP contribution in [0.15, 0.2) is 49.3 Å². The fraction of sp³-hybridized carbons (Fsp3) is 0.353. The lowest BCUT2D eigenvalue weighted by molar-refractivity contribution is -0.121. The average Bonchev–Trinajstić information content (AvgIpc) is 3.24. The van der Waals surface area contributed by atoms with Gasteiger partial charge in [-0.2, -0.15) is 4.31 Å². The van der Waals surface area contributed by atoms with Crippen molar-refractivity contribution in [1.82, 2.24) is 4.31 Å². The molecule has 0 unspecified atom stereocenters. The molecule has 1 aromatic carbocycles. The zero-order valence-corrected chi connectivity index (χ0v) is 17.7. The number of halogens is 1. The largest absolute Gasteiger partial charge is 0.298 e. The molecule has 2 aromatic rings. The van der Waals surface area contributed by atoms with E-state index in [1.54, 1.807) is 23.9 Å². The highest BCUT2D eigenvalue weighted by atomic mass is 79.9. The van der Waals surface area contributed by atoms with E-state index < -0.39 is 16.1 Å². The zero-order valence-electron chi connectivity index (χ0n) is 13.6. The van der Waals surface area contributed by atoms with E-state index in [2.05, 4.69) is 15.9 Å². The van der Waals surface area contributed by atoms with E-state index in [9.17, 15) is 13.2 Å². The van der Waals surface area contributed by atoms with E-state index in [0.29, 0.717) is 19.4 Å². The van der Waals surface area contributed by atoms with Crippen LogP contribution in [-0.2, 0) is 21.2 Å². The fourth-order valence-corrected chi connectivity index (χ4v) is 7.30. The van der Waals surface area contributed by atoms with Crippen molar-refractivity contribution in [2.24, 2.45) is 0 Å². The van der Waals surface area contributed by atoms with Gasteiger partial charge in [0.2, 0.25) is 0 Å². The van der Waals surface area contributed by atoms with Crippen LogP contribution in [-0.4, -0.2) is 37.3 Å². The number of carbonyl (C=O) groups excluding carboxylic acids is 1. The molecule has 1 aliphatic heterocycles. The van der Waals surface area contributed by atoms with Crippen molar-refractivity contribution in [2.75, 3.05) is 12.8 Å². The van der Waals surface area contributed by atoms with Gasteiger partial charge in [-0.1, -0.05) is 12.1 Å². The second-order valence-electron chi connectivity index (χ2n) is 5.83. The third-order valence-corrected chi connectivity index (χ3v) is 8.92. The molecular formula is C17H18BrNO3S3. The van der Waals surface area contributed by atoms with Crippen LogP contribution >= 0.6 is 39.0 Å². The summed E-state index contributed by atoms with van der Waals surface area (Å²) in [6.45, 7) is 0.402. The molecule has 0 radical (unpaired) electrons. The van der Waals surface area contributed by atoms with Crippen LogP contribution in [0.3, 0.4) is 0 Å². The molecule has 0 bridgehead atoms. The summed E-state index contributed by atoms with van der Waals surface area (Å²) in [6.07, 6.45) is 3.56. The van der Waals surface area contributed by atoms with Crippen molar-refractivity contribution in [2.45, 2.75) is 34.4 Å². The molecule has 4 nitrogen and oxygen atoms in total. The lowest BCUT2D eigenvalue weighted by Crippen LogP contribution is -2.40. The van der Waals surface area contributed by atoms with E-state index in [4.69, 9.17) is 0 Å². The van der Waals surface area contributed by atoms with Crippen molar-refractivity contribution in [3.05, 3.63) is 45.7 Å². The Labute approximate surface area is 164 Å². The van der Waals surface area contributed by atoms with Gasteiger partial charge in [-0.15, -0.1) is 23.1 Å². The number of rotatable bonds is 6. The summed E-state index contributed by atoms with van der Waals surface area (Å²) >= 11 is 6.10. The fourth-order valence-electron chi connectivity index (χ4n) is 3.00. The number of benzene rings is 1. The van der Waals surface area contributed by atoms with Crippen LogP contribution in [0, 0.1) is 0 Å². The van der Waals surface area contributed by atoms with Crippen molar-refractivity contribution in [1.29, 1.82) is 0 Å².